The summed E-state index contributed by atoms with van der Waals surface area (Å²) in [6, 6.07) is 15.2. The first kappa shape index (κ1) is 12.7. The highest BCUT2D eigenvalue weighted by atomic mass is 16.5. The number of nitrogens with zero attached hydrogens (tertiary/aromatic N) is 3. The summed E-state index contributed by atoms with van der Waals surface area (Å²) < 4.78 is 5.10. The van der Waals surface area contributed by atoms with E-state index in [9.17, 15) is 0 Å². The van der Waals surface area contributed by atoms with Crippen molar-refractivity contribution in [3.05, 3.63) is 70.1 Å². The molecule has 0 aliphatic carbocycles. The molecule has 0 unspecified atom stereocenters. The lowest BCUT2D eigenvalue weighted by Crippen LogP contribution is -1.81. The average Bonchev–Trinajstić information content (AvgIpc) is 2.47. The maximum Gasteiger partial charge on any atom is 0.118 e. The summed E-state index contributed by atoms with van der Waals surface area (Å²) in [5.41, 5.74) is 11.1. The molecule has 0 heterocycles. The highest BCUT2D eigenvalue weighted by Gasteiger charge is 1.95. The third-order valence-corrected chi connectivity index (χ3v) is 2.66. The average molecular weight is 251 g/mol. The van der Waals surface area contributed by atoms with E-state index in [2.05, 4.69) is 10.0 Å². The second kappa shape index (κ2) is 6.28. The van der Waals surface area contributed by atoms with Crippen LogP contribution in [0.1, 0.15) is 11.1 Å². The van der Waals surface area contributed by atoms with Crippen LogP contribution in [0.4, 0.5) is 5.69 Å². The molecule has 0 atom stereocenters. The molecule has 4 heteroatoms. The van der Waals surface area contributed by atoms with Crippen molar-refractivity contribution in [2.75, 3.05) is 7.11 Å². The van der Waals surface area contributed by atoms with Crippen molar-refractivity contribution in [1.82, 2.24) is 0 Å². The van der Waals surface area contributed by atoms with Gasteiger partial charge in [-0.05, 0) is 28.8 Å². The number of ether oxygens (including phenoxy) is 1. The van der Waals surface area contributed by atoms with Gasteiger partial charge in [-0.15, -0.1) is 0 Å². The topological polar surface area (TPSA) is 58.0 Å². The fourth-order valence-electron chi connectivity index (χ4n) is 1.67. The van der Waals surface area contributed by atoms with E-state index < -0.39 is 0 Å². The largest absolute Gasteiger partial charge is 0.497 e. The van der Waals surface area contributed by atoms with Crippen LogP contribution in [0, 0.1) is 0 Å². The molecule has 2 aromatic carbocycles. The van der Waals surface area contributed by atoms with Crippen molar-refractivity contribution >= 4 is 17.8 Å². The van der Waals surface area contributed by atoms with Crippen LogP contribution in [0.3, 0.4) is 0 Å². The Bertz CT molecular complexity index is 626. The van der Waals surface area contributed by atoms with E-state index in [1.54, 1.807) is 13.2 Å². The predicted molar refractivity (Wildman–Crippen MR) is 77.2 cm³/mol. The molecule has 0 aromatic heterocycles. The highest BCUT2D eigenvalue weighted by molar-refractivity contribution is 5.75. The van der Waals surface area contributed by atoms with Crippen molar-refractivity contribution in [3.63, 3.8) is 0 Å². The molecular formula is C15H13N3O. The zero-order valence-corrected chi connectivity index (χ0v) is 10.5. The summed E-state index contributed by atoms with van der Waals surface area (Å²) in [5, 5.41) is 3.66. The van der Waals surface area contributed by atoms with Gasteiger partial charge in [0.1, 0.15) is 5.75 Å². The molecule has 0 fully saturated rings. The number of rotatable bonds is 4. The van der Waals surface area contributed by atoms with Gasteiger partial charge in [-0.3, -0.25) is 0 Å². The Morgan fingerprint density at radius 3 is 2.47 bits per heavy atom. The molecular weight excluding hydrogens is 238 g/mol. The second-order valence-electron chi connectivity index (χ2n) is 3.85. The fourth-order valence-corrected chi connectivity index (χ4v) is 1.67. The fraction of sp³-hybridized carbons (Fsp3) is 0.0667. The normalized spacial score (nSPS) is 10.2. The number of benzene rings is 2. The van der Waals surface area contributed by atoms with E-state index in [0.717, 1.165) is 16.9 Å². The molecule has 0 spiro atoms. The van der Waals surface area contributed by atoms with E-state index >= 15 is 0 Å². The van der Waals surface area contributed by atoms with E-state index in [4.69, 9.17) is 10.3 Å². The summed E-state index contributed by atoms with van der Waals surface area (Å²) in [6.45, 7) is 0. The van der Waals surface area contributed by atoms with Crippen LogP contribution in [-0.2, 0) is 0 Å². The van der Waals surface area contributed by atoms with E-state index in [1.165, 1.54) is 0 Å². The maximum atomic E-state index is 8.51. The van der Waals surface area contributed by atoms with Crippen molar-refractivity contribution in [3.8, 4) is 5.75 Å². The van der Waals surface area contributed by atoms with E-state index in [0.29, 0.717) is 5.69 Å². The standard InChI is InChI=1S/C15H13N3O/c1-19-14-10-7-12(8-11-14)6-9-13-4-2-3-5-15(13)17-18-16/h2-11H,1H3/b9-6+. The molecule has 19 heavy (non-hydrogen) atoms. The van der Waals surface area contributed by atoms with E-state index in [1.807, 2.05) is 54.6 Å². The molecule has 0 amide bonds. The van der Waals surface area contributed by atoms with Gasteiger partial charge >= 0.3 is 0 Å². The van der Waals surface area contributed by atoms with Crippen molar-refractivity contribution < 1.29 is 4.74 Å². The van der Waals surface area contributed by atoms with E-state index in [-0.39, 0.29) is 0 Å². The Hall–Kier alpha value is -2.71. The van der Waals surface area contributed by atoms with Gasteiger partial charge in [0.15, 0.2) is 0 Å². The zero-order valence-electron chi connectivity index (χ0n) is 10.5. The Labute approximate surface area is 111 Å². The van der Waals surface area contributed by atoms with Crippen LogP contribution in [0.5, 0.6) is 5.75 Å². The number of methoxy groups -OCH3 is 1. The Morgan fingerprint density at radius 1 is 1.05 bits per heavy atom. The molecule has 0 radical (unpaired) electrons. The predicted octanol–water partition coefficient (Wildman–Crippen LogP) is 4.81. The van der Waals surface area contributed by atoms with Gasteiger partial charge in [0, 0.05) is 10.6 Å². The summed E-state index contributed by atoms with van der Waals surface area (Å²) >= 11 is 0. The van der Waals surface area contributed by atoms with Gasteiger partial charge in [-0.25, -0.2) is 0 Å². The lowest BCUT2D eigenvalue weighted by molar-refractivity contribution is 0.415. The smallest absolute Gasteiger partial charge is 0.118 e. The van der Waals surface area contributed by atoms with Gasteiger partial charge in [-0.2, -0.15) is 0 Å². The monoisotopic (exact) mass is 251 g/mol. The molecule has 0 bridgehead atoms. The zero-order chi connectivity index (χ0) is 13.5. The van der Waals surface area contributed by atoms with Gasteiger partial charge in [0.05, 0.1) is 7.11 Å². The SMILES string of the molecule is COc1ccc(/C=C/c2ccccc2N=[N+]=[N-])cc1. The quantitative estimate of drug-likeness (QED) is 0.333. The van der Waals surface area contributed by atoms with Gasteiger partial charge in [0.25, 0.3) is 0 Å². The van der Waals surface area contributed by atoms with Crippen LogP contribution in [0.2, 0.25) is 0 Å². The summed E-state index contributed by atoms with van der Waals surface area (Å²) in [7, 11) is 1.64. The van der Waals surface area contributed by atoms with Crippen molar-refractivity contribution in [1.29, 1.82) is 0 Å². The second-order valence-corrected chi connectivity index (χ2v) is 3.85. The molecule has 2 rings (SSSR count). The molecule has 4 nitrogen and oxygen atoms in total. The molecule has 0 aliphatic rings. The van der Waals surface area contributed by atoms with Crippen LogP contribution >= 0.6 is 0 Å². The molecule has 0 aliphatic heterocycles. The lowest BCUT2D eigenvalue weighted by atomic mass is 10.1. The minimum absolute atomic E-state index is 0.620. The highest BCUT2D eigenvalue weighted by Crippen LogP contribution is 2.21. The van der Waals surface area contributed by atoms with Gasteiger partial charge < -0.3 is 4.74 Å². The van der Waals surface area contributed by atoms with Crippen molar-refractivity contribution in [2.24, 2.45) is 5.11 Å². The summed E-state index contributed by atoms with van der Waals surface area (Å²) in [6.07, 6.45) is 3.89. The minimum atomic E-state index is 0.620. The van der Waals surface area contributed by atoms with Crippen molar-refractivity contribution in [2.45, 2.75) is 0 Å². The summed E-state index contributed by atoms with van der Waals surface area (Å²) in [4.78, 5) is 2.82. The minimum Gasteiger partial charge on any atom is -0.497 e. The Balaban J connectivity index is 2.24. The molecule has 0 saturated heterocycles. The van der Waals surface area contributed by atoms with Crippen LogP contribution in [-0.4, -0.2) is 7.11 Å². The third kappa shape index (κ3) is 3.37. The first-order chi connectivity index (χ1) is 9.33. The number of azide groups is 1. The van der Waals surface area contributed by atoms with Crippen LogP contribution < -0.4 is 4.74 Å². The first-order valence-corrected chi connectivity index (χ1v) is 5.80. The maximum absolute atomic E-state index is 8.51. The molecule has 2 aromatic rings. The Kier molecular flexibility index (Phi) is 4.21. The number of hydrogen-bond donors (Lipinski definition) is 0. The number of hydrogen-bond acceptors (Lipinski definition) is 2. The first-order valence-electron chi connectivity index (χ1n) is 5.80. The molecule has 0 N–H and O–H groups in total. The van der Waals surface area contributed by atoms with Crippen LogP contribution in [0.25, 0.3) is 22.6 Å². The molecule has 0 saturated carbocycles. The van der Waals surface area contributed by atoms with Gasteiger partial charge in [-0.1, -0.05) is 53.7 Å². The van der Waals surface area contributed by atoms with Gasteiger partial charge in [0.2, 0.25) is 0 Å². The summed E-state index contributed by atoms with van der Waals surface area (Å²) in [5.74, 6) is 0.826. The molecule has 94 valence electrons. The van der Waals surface area contributed by atoms with Crippen LogP contribution in [0.15, 0.2) is 53.6 Å². The lowest BCUT2D eigenvalue weighted by Gasteiger charge is -2.00. The Morgan fingerprint density at radius 2 is 1.79 bits per heavy atom. The third-order valence-electron chi connectivity index (χ3n) is 2.66.